The molecule has 2 heterocycles. The number of thioether (sulfide) groups is 1. The third-order valence-electron chi connectivity index (χ3n) is 3.07. The molecular weight excluding hydrogens is 246 g/mol. The van der Waals surface area contributed by atoms with Crippen LogP contribution in [0.3, 0.4) is 0 Å². The zero-order chi connectivity index (χ0) is 12.2. The van der Waals surface area contributed by atoms with Crippen molar-refractivity contribution >= 4 is 11.8 Å². The van der Waals surface area contributed by atoms with Crippen molar-refractivity contribution in [3.05, 3.63) is 30.3 Å². The first-order valence-corrected chi connectivity index (χ1v) is 7.07. The van der Waals surface area contributed by atoms with E-state index >= 15 is 0 Å². The van der Waals surface area contributed by atoms with E-state index in [1.165, 1.54) is 12.8 Å². The Labute approximate surface area is 110 Å². The monoisotopic (exact) mass is 261 g/mol. The summed E-state index contributed by atoms with van der Waals surface area (Å²) in [7, 11) is 0. The molecule has 4 nitrogen and oxygen atoms in total. The summed E-state index contributed by atoms with van der Waals surface area (Å²) < 4.78 is 4.91. The Balaban J connectivity index is 1.79. The number of hydrogen-bond acceptors (Lipinski definition) is 5. The van der Waals surface area contributed by atoms with E-state index in [1.807, 2.05) is 30.3 Å². The molecule has 1 saturated heterocycles. The largest absolute Gasteiger partial charge is 0.317 e. The van der Waals surface area contributed by atoms with Gasteiger partial charge in [-0.1, -0.05) is 42.1 Å². The number of nitrogens with zero attached hydrogens (tertiary/aromatic N) is 2. The zero-order valence-corrected chi connectivity index (χ0v) is 10.8. The molecule has 94 valence electrons. The first-order chi connectivity index (χ1) is 8.93. The molecule has 18 heavy (non-hydrogen) atoms. The van der Waals surface area contributed by atoms with Gasteiger partial charge in [-0.3, -0.25) is 0 Å². The first-order valence-electron chi connectivity index (χ1n) is 6.19. The fourth-order valence-corrected chi connectivity index (χ4v) is 3.23. The Morgan fingerprint density at radius 1 is 1.11 bits per heavy atom. The van der Waals surface area contributed by atoms with Crippen molar-refractivity contribution in [2.75, 3.05) is 13.1 Å². The first kappa shape index (κ1) is 11.7. The molecule has 0 saturated carbocycles. The summed E-state index contributed by atoms with van der Waals surface area (Å²) in [6, 6.07) is 10.1. The Morgan fingerprint density at radius 3 is 2.67 bits per heavy atom. The van der Waals surface area contributed by atoms with Gasteiger partial charge < -0.3 is 5.32 Å². The molecule has 0 atom stereocenters. The summed E-state index contributed by atoms with van der Waals surface area (Å²) in [5, 5.41) is 13.0. The molecule has 1 aliphatic rings. The van der Waals surface area contributed by atoms with Gasteiger partial charge in [-0.25, -0.2) is 4.63 Å². The normalized spacial score (nSPS) is 16.9. The van der Waals surface area contributed by atoms with Crippen LogP contribution in [0.15, 0.2) is 40.0 Å². The Kier molecular flexibility index (Phi) is 3.61. The number of rotatable bonds is 3. The number of aromatic nitrogens is 2. The number of benzene rings is 1. The SMILES string of the molecule is c1ccc(-c2nonc2SC2CCNCC2)cc1. The Bertz CT molecular complexity index is 494. The third kappa shape index (κ3) is 2.57. The minimum atomic E-state index is 0.612. The van der Waals surface area contributed by atoms with Crippen LogP contribution in [-0.4, -0.2) is 28.7 Å². The van der Waals surface area contributed by atoms with E-state index in [1.54, 1.807) is 11.8 Å². The van der Waals surface area contributed by atoms with Gasteiger partial charge in [0.15, 0.2) is 5.03 Å². The van der Waals surface area contributed by atoms with Crippen molar-refractivity contribution in [3.8, 4) is 11.3 Å². The molecule has 0 amide bonds. The molecule has 1 fully saturated rings. The van der Waals surface area contributed by atoms with E-state index < -0.39 is 0 Å². The van der Waals surface area contributed by atoms with E-state index in [4.69, 9.17) is 4.63 Å². The van der Waals surface area contributed by atoms with Gasteiger partial charge >= 0.3 is 0 Å². The van der Waals surface area contributed by atoms with Crippen LogP contribution < -0.4 is 5.32 Å². The van der Waals surface area contributed by atoms with Gasteiger partial charge in [-0.05, 0) is 36.2 Å². The van der Waals surface area contributed by atoms with Gasteiger partial charge in [0.1, 0.15) is 5.69 Å². The molecule has 3 rings (SSSR count). The Morgan fingerprint density at radius 2 is 1.89 bits per heavy atom. The van der Waals surface area contributed by atoms with Gasteiger partial charge in [0.05, 0.1) is 0 Å². The number of hydrogen-bond donors (Lipinski definition) is 1. The van der Waals surface area contributed by atoms with Gasteiger partial charge in [-0.15, -0.1) is 0 Å². The van der Waals surface area contributed by atoms with Crippen LogP contribution in [0.5, 0.6) is 0 Å². The molecule has 1 aromatic heterocycles. The van der Waals surface area contributed by atoms with E-state index in [0.29, 0.717) is 5.25 Å². The molecule has 0 aliphatic carbocycles. The lowest BCUT2D eigenvalue weighted by molar-refractivity contribution is 0.299. The van der Waals surface area contributed by atoms with Crippen LogP contribution in [0.1, 0.15) is 12.8 Å². The van der Waals surface area contributed by atoms with Crippen molar-refractivity contribution in [1.82, 2.24) is 15.6 Å². The maximum Gasteiger partial charge on any atom is 0.169 e. The topological polar surface area (TPSA) is 51.0 Å². The van der Waals surface area contributed by atoms with Crippen LogP contribution in [0.25, 0.3) is 11.3 Å². The number of nitrogens with one attached hydrogen (secondary N) is 1. The van der Waals surface area contributed by atoms with Crippen molar-refractivity contribution in [3.63, 3.8) is 0 Å². The summed E-state index contributed by atoms with van der Waals surface area (Å²) in [5.41, 5.74) is 1.93. The summed E-state index contributed by atoms with van der Waals surface area (Å²) in [4.78, 5) is 0. The van der Waals surface area contributed by atoms with Crippen molar-refractivity contribution in [1.29, 1.82) is 0 Å². The summed E-state index contributed by atoms with van der Waals surface area (Å²) in [6.07, 6.45) is 2.34. The highest BCUT2D eigenvalue weighted by molar-refractivity contribution is 8.00. The highest BCUT2D eigenvalue weighted by atomic mass is 32.2. The molecule has 1 aromatic carbocycles. The second kappa shape index (κ2) is 5.54. The van der Waals surface area contributed by atoms with Gasteiger partial charge in [0, 0.05) is 10.8 Å². The fourth-order valence-electron chi connectivity index (χ4n) is 2.10. The van der Waals surface area contributed by atoms with Gasteiger partial charge in [0.2, 0.25) is 0 Å². The lowest BCUT2D eigenvalue weighted by atomic mass is 10.2. The van der Waals surface area contributed by atoms with Crippen LogP contribution in [0.2, 0.25) is 0 Å². The summed E-state index contributed by atoms with van der Waals surface area (Å²) in [5.74, 6) is 0. The fraction of sp³-hybridized carbons (Fsp3) is 0.385. The molecule has 2 aromatic rings. The van der Waals surface area contributed by atoms with Crippen LogP contribution in [0.4, 0.5) is 0 Å². The minimum absolute atomic E-state index is 0.612. The van der Waals surface area contributed by atoms with E-state index in [0.717, 1.165) is 29.4 Å². The molecule has 1 aliphatic heterocycles. The smallest absolute Gasteiger partial charge is 0.169 e. The van der Waals surface area contributed by atoms with E-state index in [9.17, 15) is 0 Å². The quantitative estimate of drug-likeness (QED) is 0.920. The average Bonchev–Trinajstić information content (AvgIpc) is 2.89. The minimum Gasteiger partial charge on any atom is -0.317 e. The van der Waals surface area contributed by atoms with Crippen LogP contribution in [0, 0.1) is 0 Å². The second-order valence-corrected chi connectivity index (χ2v) is 5.64. The predicted octanol–water partition coefficient (Wildman–Crippen LogP) is 2.58. The third-order valence-corrected chi connectivity index (χ3v) is 4.37. The van der Waals surface area contributed by atoms with Crippen molar-refractivity contribution in [2.45, 2.75) is 23.1 Å². The maximum absolute atomic E-state index is 4.91. The molecule has 0 radical (unpaired) electrons. The van der Waals surface area contributed by atoms with E-state index in [-0.39, 0.29) is 0 Å². The molecule has 0 unspecified atom stereocenters. The van der Waals surface area contributed by atoms with Crippen molar-refractivity contribution < 1.29 is 4.63 Å². The Hall–Kier alpha value is -1.33. The maximum atomic E-state index is 4.91. The lowest BCUT2D eigenvalue weighted by Crippen LogP contribution is -2.29. The standard InChI is InChI=1S/C13H15N3OS/c1-2-4-10(5-3-1)12-13(16-17-15-12)18-11-6-8-14-9-7-11/h1-5,11,14H,6-9H2. The number of piperidine rings is 1. The van der Waals surface area contributed by atoms with Crippen LogP contribution in [-0.2, 0) is 0 Å². The van der Waals surface area contributed by atoms with Gasteiger partial charge in [0.25, 0.3) is 0 Å². The molecular formula is C13H15N3OS. The van der Waals surface area contributed by atoms with Crippen molar-refractivity contribution in [2.24, 2.45) is 0 Å². The molecule has 1 N–H and O–H groups in total. The zero-order valence-electron chi connectivity index (χ0n) is 10.0. The molecule has 5 heteroatoms. The average molecular weight is 261 g/mol. The highest BCUT2D eigenvalue weighted by Crippen LogP contribution is 2.33. The predicted molar refractivity (Wildman–Crippen MR) is 71.5 cm³/mol. The molecule has 0 bridgehead atoms. The van der Waals surface area contributed by atoms with Gasteiger partial charge in [-0.2, -0.15) is 0 Å². The summed E-state index contributed by atoms with van der Waals surface area (Å²) in [6.45, 7) is 2.17. The van der Waals surface area contributed by atoms with Crippen LogP contribution >= 0.6 is 11.8 Å². The second-order valence-electron chi connectivity index (χ2n) is 4.35. The lowest BCUT2D eigenvalue weighted by Gasteiger charge is -2.20. The molecule has 0 spiro atoms. The summed E-state index contributed by atoms with van der Waals surface area (Å²) >= 11 is 1.79. The highest BCUT2D eigenvalue weighted by Gasteiger charge is 2.20. The van der Waals surface area contributed by atoms with E-state index in [2.05, 4.69) is 15.6 Å².